The van der Waals surface area contributed by atoms with Crippen molar-refractivity contribution >= 4 is 39.0 Å². The second-order valence-electron chi connectivity index (χ2n) is 3.76. The summed E-state index contributed by atoms with van der Waals surface area (Å²) in [6.07, 6.45) is 0.0313. The molecule has 6 heteroatoms. The first kappa shape index (κ1) is 12.4. The number of ether oxygens (including phenoxy) is 1. The Morgan fingerprint density at radius 3 is 2.78 bits per heavy atom. The van der Waals surface area contributed by atoms with E-state index in [-0.39, 0.29) is 13.0 Å². The average molecular weight is 264 g/mol. The molecule has 0 spiro atoms. The van der Waals surface area contributed by atoms with E-state index in [0.717, 1.165) is 10.1 Å². The van der Waals surface area contributed by atoms with Crippen LogP contribution in [0.1, 0.15) is 16.1 Å². The Balaban J connectivity index is 2.10. The summed E-state index contributed by atoms with van der Waals surface area (Å²) in [5.41, 5.74) is 11.3. The molecule has 2 rings (SSSR count). The van der Waals surface area contributed by atoms with Gasteiger partial charge < -0.3 is 16.2 Å². The Morgan fingerprint density at radius 1 is 1.28 bits per heavy atom. The lowest BCUT2D eigenvalue weighted by molar-refractivity contribution is -0.118. The molecule has 0 saturated carbocycles. The second kappa shape index (κ2) is 5.05. The van der Waals surface area contributed by atoms with Crippen molar-refractivity contribution in [1.82, 2.24) is 0 Å². The Kier molecular flexibility index (Phi) is 3.47. The Morgan fingerprint density at radius 2 is 2.06 bits per heavy atom. The fourth-order valence-electron chi connectivity index (χ4n) is 1.48. The van der Waals surface area contributed by atoms with E-state index >= 15 is 0 Å². The third-order valence-electron chi connectivity index (χ3n) is 2.32. The zero-order valence-electron chi connectivity index (χ0n) is 9.51. The molecule has 0 radical (unpaired) electrons. The van der Waals surface area contributed by atoms with Gasteiger partial charge in [-0.25, -0.2) is 4.79 Å². The van der Waals surface area contributed by atoms with Crippen molar-refractivity contribution in [2.75, 3.05) is 12.3 Å². The Hall–Kier alpha value is -2.08. The fourth-order valence-corrected chi connectivity index (χ4v) is 2.41. The second-order valence-corrected chi connectivity index (χ2v) is 4.84. The smallest absolute Gasteiger partial charge is 0.348 e. The van der Waals surface area contributed by atoms with Gasteiger partial charge in [0.25, 0.3) is 0 Å². The van der Waals surface area contributed by atoms with Crippen molar-refractivity contribution in [2.24, 2.45) is 5.73 Å². The molecule has 2 aromatic rings. The lowest BCUT2D eigenvalue weighted by Crippen LogP contribution is -2.15. The van der Waals surface area contributed by atoms with Gasteiger partial charge in [0, 0.05) is 10.4 Å². The number of anilines is 1. The summed E-state index contributed by atoms with van der Waals surface area (Å²) in [5.74, 6) is -0.942. The highest BCUT2D eigenvalue weighted by atomic mass is 32.1. The number of fused-ring (bicyclic) bond motifs is 1. The quantitative estimate of drug-likeness (QED) is 0.646. The molecule has 0 aliphatic heterocycles. The molecule has 1 aromatic carbocycles. The van der Waals surface area contributed by atoms with Gasteiger partial charge in [-0.3, -0.25) is 4.79 Å². The molecule has 0 aliphatic carbocycles. The number of primary amides is 1. The number of carbonyl (C=O) groups excluding carboxylic acids is 2. The number of carbonyl (C=O) groups is 2. The summed E-state index contributed by atoms with van der Waals surface area (Å²) in [6, 6.07) is 7.16. The van der Waals surface area contributed by atoms with Crippen molar-refractivity contribution in [3.8, 4) is 0 Å². The Bertz CT molecular complexity index is 606. The van der Waals surface area contributed by atoms with Gasteiger partial charge in [-0.1, -0.05) is 0 Å². The molecule has 5 nitrogen and oxygen atoms in total. The first-order chi connectivity index (χ1) is 8.56. The van der Waals surface area contributed by atoms with Crippen molar-refractivity contribution < 1.29 is 14.3 Å². The minimum atomic E-state index is -0.494. The van der Waals surface area contributed by atoms with Gasteiger partial charge in [0.1, 0.15) is 11.5 Å². The number of nitrogen functional groups attached to an aromatic ring is 1. The van der Waals surface area contributed by atoms with Crippen molar-refractivity contribution in [2.45, 2.75) is 6.42 Å². The van der Waals surface area contributed by atoms with Gasteiger partial charge in [-0.05, 0) is 29.7 Å². The van der Waals surface area contributed by atoms with Crippen LogP contribution >= 0.6 is 11.3 Å². The highest BCUT2D eigenvalue weighted by molar-refractivity contribution is 7.20. The topological polar surface area (TPSA) is 95.4 Å². The van der Waals surface area contributed by atoms with Gasteiger partial charge in [0.15, 0.2) is 0 Å². The third kappa shape index (κ3) is 2.78. The number of amides is 1. The van der Waals surface area contributed by atoms with Crippen LogP contribution in [0.2, 0.25) is 0 Å². The summed E-state index contributed by atoms with van der Waals surface area (Å²) >= 11 is 1.33. The third-order valence-corrected chi connectivity index (χ3v) is 3.42. The highest BCUT2D eigenvalue weighted by Gasteiger charge is 2.12. The van der Waals surface area contributed by atoms with Gasteiger partial charge in [-0.15, -0.1) is 11.3 Å². The van der Waals surface area contributed by atoms with Crippen molar-refractivity contribution in [3.05, 3.63) is 29.1 Å². The first-order valence-electron chi connectivity index (χ1n) is 5.31. The van der Waals surface area contributed by atoms with Crippen LogP contribution in [0.3, 0.4) is 0 Å². The summed E-state index contributed by atoms with van der Waals surface area (Å²) < 4.78 is 5.90. The highest BCUT2D eigenvalue weighted by Crippen LogP contribution is 2.27. The number of nitrogens with two attached hydrogens (primary N) is 2. The van der Waals surface area contributed by atoms with E-state index in [1.54, 1.807) is 18.2 Å². The monoisotopic (exact) mass is 264 g/mol. The number of benzene rings is 1. The summed E-state index contributed by atoms with van der Waals surface area (Å²) in [6.45, 7) is 0.00451. The summed E-state index contributed by atoms with van der Waals surface area (Å²) in [4.78, 5) is 22.7. The van der Waals surface area contributed by atoms with E-state index in [0.29, 0.717) is 10.6 Å². The molecule has 0 atom stereocenters. The van der Waals surface area contributed by atoms with Crippen LogP contribution in [0.4, 0.5) is 5.69 Å². The fraction of sp³-hybridized carbons (Fsp3) is 0.167. The van der Waals surface area contributed by atoms with E-state index in [9.17, 15) is 9.59 Å². The van der Waals surface area contributed by atoms with E-state index in [1.807, 2.05) is 6.07 Å². The number of hydrogen-bond acceptors (Lipinski definition) is 5. The minimum Gasteiger partial charge on any atom is -0.461 e. The Labute approximate surface area is 107 Å². The maximum atomic E-state index is 11.7. The van der Waals surface area contributed by atoms with E-state index in [4.69, 9.17) is 16.2 Å². The van der Waals surface area contributed by atoms with Crippen molar-refractivity contribution in [3.63, 3.8) is 0 Å². The molecule has 4 N–H and O–H groups in total. The first-order valence-corrected chi connectivity index (χ1v) is 6.12. The molecule has 0 aliphatic rings. The van der Waals surface area contributed by atoms with Crippen molar-refractivity contribution in [1.29, 1.82) is 0 Å². The molecule has 18 heavy (non-hydrogen) atoms. The summed E-state index contributed by atoms with van der Waals surface area (Å²) in [5, 5.41) is 0.904. The SMILES string of the molecule is NC(=O)CCOC(=O)c1cc2cc(N)ccc2s1. The molecule has 1 amide bonds. The van der Waals surface area contributed by atoms with Gasteiger partial charge in [0.2, 0.25) is 5.91 Å². The van der Waals surface area contributed by atoms with Gasteiger partial charge in [0.05, 0.1) is 6.42 Å². The molecule has 94 valence electrons. The number of esters is 1. The summed E-state index contributed by atoms with van der Waals surface area (Å²) in [7, 11) is 0. The molecule has 1 aromatic heterocycles. The van der Waals surface area contributed by atoms with Gasteiger partial charge in [-0.2, -0.15) is 0 Å². The standard InChI is InChI=1S/C12H12N2O3S/c13-8-1-2-9-7(5-8)6-10(18-9)12(16)17-4-3-11(14)15/h1-2,5-6H,3-4,13H2,(H2,14,15). The van der Waals surface area contributed by atoms with E-state index in [2.05, 4.69) is 0 Å². The maximum Gasteiger partial charge on any atom is 0.348 e. The normalized spacial score (nSPS) is 10.4. The molecular weight excluding hydrogens is 252 g/mol. The van der Waals surface area contributed by atoms with Crippen LogP contribution in [-0.4, -0.2) is 18.5 Å². The zero-order valence-corrected chi connectivity index (χ0v) is 10.3. The van der Waals surface area contributed by atoms with Crippen LogP contribution < -0.4 is 11.5 Å². The minimum absolute atomic E-state index is 0.00451. The lowest BCUT2D eigenvalue weighted by atomic mass is 10.2. The average Bonchev–Trinajstić information content (AvgIpc) is 2.71. The molecular formula is C12H12N2O3S. The van der Waals surface area contributed by atoms with Crippen LogP contribution in [0.15, 0.2) is 24.3 Å². The number of thiophene rings is 1. The predicted molar refractivity (Wildman–Crippen MR) is 70.3 cm³/mol. The number of hydrogen-bond donors (Lipinski definition) is 2. The molecule has 0 saturated heterocycles. The van der Waals surface area contributed by atoms with Gasteiger partial charge >= 0.3 is 5.97 Å². The van der Waals surface area contributed by atoms with E-state index in [1.165, 1.54) is 11.3 Å². The van der Waals surface area contributed by atoms with E-state index < -0.39 is 11.9 Å². The van der Waals surface area contributed by atoms with Crippen LogP contribution in [-0.2, 0) is 9.53 Å². The van der Waals surface area contributed by atoms with Crippen LogP contribution in [0, 0.1) is 0 Å². The largest absolute Gasteiger partial charge is 0.461 e. The molecule has 1 heterocycles. The maximum absolute atomic E-state index is 11.7. The zero-order chi connectivity index (χ0) is 13.1. The van der Waals surface area contributed by atoms with Crippen LogP contribution in [0.5, 0.6) is 0 Å². The number of rotatable bonds is 4. The molecule has 0 unspecified atom stereocenters. The molecule has 0 fully saturated rings. The lowest BCUT2D eigenvalue weighted by Gasteiger charge is -1.99. The molecule has 0 bridgehead atoms. The van der Waals surface area contributed by atoms with Crippen LogP contribution in [0.25, 0.3) is 10.1 Å². The predicted octanol–water partition coefficient (Wildman–Crippen LogP) is 1.52.